The minimum Gasteiger partial charge on any atom is -0.468 e. The number of aryl methyl sites for hydroxylation is 2. The van der Waals surface area contributed by atoms with E-state index in [1.165, 1.54) is 11.8 Å². The maximum Gasteiger partial charge on any atom is 0.222 e. The fourth-order valence-corrected chi connectivity index (χ4v) is 4.48. The molecule has 1 aliphatic heterocycles. The van der Waals surface area contributed by atoms with Gasteiger partial charge in [0.25, 0.3) is 0 Å². The number of furan rings is 1. The van der Waals surface area contributed by atoms with Gasteiger partial charge in [-0.15, -0.1) is 0 Å². The number of carbonyl (C=O) groups excluding carboxylic acids is 1. The van der Waals surface area contributed by atoms with Crippen LogP contribution < -0.4 is 0 Å². The molecule has 1 aliphatic rings. The third-order valence-corrected chi connectivity index (χ3v) is 6.50. The topological polar surface area (TPSA) is 67.6 Å². The van der Waals surface area contributed by atoms with Crippen molar-refractivity contribution < 1.29 is 17.6 Å². The van der Waals surface area contributed by atoms with Gasteiger partial charge in [0.05, 0.1) is 11.5 Å². The van der Waals surface area contributed by atoms with Gasteiger partial charge in [-0.2, -0.15) is 0 Å². The Bertz CT molecular complexity index is 805. The molecule has 5 nitrogen and oxygen atoms in total. The van der Waals surface area contributed by atoms with Crippen LogP contribution in [0.3, 0.4) is 0 Å². The third kappa shape index (κ3) is 3.70. The molecule has 0 N–H and O–H groups in total. The fraction of sp³-hybridized carbons (Fsp3) is 0.389. The van der Waals surface area contributed by atoms with Crippen molar-refractivity contribution in [1.29, 1.82) is 0 Å². The van der Waals surface area contributed by atoms with Crippen molar-refractivity contribution in [3.8, 4) is 0 Å². The highest BCUT2D eigenvalue weighted by Gasteiger charge is 2.39. The van der Waals surface area contributed by atoms with Crippen molar-refractivity contribution >= 4 is 15.7 Å². The van der Waals surface area contributed by atoms with E-state index in [-0.39, 0.29) is 24.7 Å². The van der Waals surface area contributed by atoms with E-state index in [0.717, 1.165) is 5.56 Å². The second kappa shape index (κ2) is 6.81. The summed E-state index contributed by atoms with van der Waals surface area (Å²) in [6.07, 6.45) is 2.56. The Morgan fingerprint density at radius 1 is 1.21 bits per heavy atom. The SMILES string of the molecule is Cc1ccccc1CCC(=O)N1CC(S(=O)(=O)Cc2ccco2)C1. The van der Waals surface area contributed by atoms with Crippen molar-refractivity contribution in [2.24, 2.45) is 0 Å². The van der Waals surface area contributed by atoms with Gasteiger partial charge in [-0.25, -0.2) is 8.42 Å². The Balaban J connectivity index is 1.49. The second-order valence-electron chi connectivity index (χ2n) is 6.23. The first-order valence-corrected chi connectivity index (χ1v) is 9.73. The van der Waals surface area contributed by atoms with Gasteiger partial charge in [-0.1, -0.05) is 24.3 Å². The number of rotatable bonds is 6. The molecule has 2 heterocycles. The Hall–Kier alpha value is -2.08. The zero-order valence-electron chi connectivity index (χ0n) is 13.6. The van der Waals surface area contributed by atoms with E-state index in [4.69, 9.17) is 4.42 Å². The second-order valence-corrected chi connectivity index (χ2v) is 8.51. The summed E-state index contributed by atoms with van der Waals surface area (Å²) in [5.41, 5.74) is 2.33. The fourth-order valence-electron chi connectivity index (χ4n) is 2.87. The van der Waals surface area contributed by atoms with E-state index in [1.54, 1.807) is 17.0 Å². The first-order valence-electron chi connectivity index (χ1n) is 8.02. The van der Waals surface area contributed by atoms with Crippen molar-refractivity contribution in [3.63, 3.8) is 0 Å². The maximum absolute atomic E-state index is 12.3. The van der Waals surface area contributed by atoms with Crippen molar-refractivity contribution in [2.45, 2.75) is 30.8 Å². The summed E-state index contributed by atoms with van der Waals surface area (Å²) < 4.78 is 29.7. The van der Waals surface area contributed by atoms with Crippen LogP contribution in [0.15, 0.2) is 47.1 Å². The number of amides is 1. The zero-order valence-corrected chi connectivity index (χ0v) is 14.5. The number of hydrogen-bond acceptors (Lipinski definition) is 4. The van der Waals surface area contributed by atoms with Crippen molar-refractivity contribution in [3.05, 3.63) is 59.5 Å². The smallest absolute Gasteiger partial charge is 0.222 e. The maximum atomic E-state index is 12.3. The molecular weight excluding hydrogens is 326 g/mol. The average molecular weight is 347 g/mol. The Kier molecular flexibility index (Phi) is 4.76. The van der Waals surface area contributed by atoms with Crippen molar-refractivity contribution in [2.75, 3.05) is 13.1 Å². The summed E-state index contributed by atoms with van der Waals surface area (Å²) in [4.78, 5) is 13.8. The van der Waals surface area contributed by atoms with Crippen LogP contribution in [-0.2, 0) is 26.8 Å². The van der Waals surface area contributed by atoms with Gasteiger partial charge >= 0.3 is 0 Å². The Labute approximate surface area is 142 Å². The van der Waals surface area contributed by atoms with Crippen molar-refractivity contribution in [1.82, 2.24) is 4.90 Å². The van der Waals surface area contributed by atoms with E-state index in [1.807, 2.05) is 31.2 Å². The molecule has 1 saturated heterocycles. The lowest BCUT2D eigenvalue weighted by molar-refractivity contribution is -0.134. The molecule has 1 aromatic carbocycles. The summed E-state index contributed by atoms with van der Waals surface area (Å²) in [5, 5.41) is -0.481. The number of hydrogen-bond donors (Lipinski definition) is 0. The molecule has 0 bridgehead atoms. The van der Waals surface area contributed by atoms with Crippen LogP contribution in [0, 0.1) is 6.92 Å². The molecular formula is C18H21NO4S. The van der Waals surface area contributed by atoms with Gasteiger partial charge in [0.1, 0.15) is 11.5 Å². The molecule has 0 spiro atoms. The molecule has 0 saturated carbocycles. The Morgan fingerprint density at radius 3 is 2.62 bits per heavy atom. The molecule has 0 unspecified atom stereocenters. The van der Waals surface area contributed by atoms with E-state index < -0.39 is 15.1 Å². The molecule has 0 radical (unpaired) electrons. The highest BCUT2D eigenvalue weighted by atomic mass is 32.2. The molecule has 0 atom stereocenters. The van der Waals surface area contributed by atoms with E-state index in [9.17, 15) is 13.2 Å². The van der Waals surface area contributed by atoms with Gasteiger partial charge in [-0.3, -0.25) is 4.79 Å². The molecule has 1 amide bonds. The van der Waals surface area contributed by atoms with Crippen LogP contribution in [-0.4, -0.2) is 37.6 Å². The third-order valence-electron chi connectivity index (χ3n) is 4.50. The van der Waals surface area contributed by atoms with Gasteiger partial charge in [0, 0.05) is 19.5 Å². The predicted molar refractivity (Wildman–Crippen MR) is 91.2 cm³/mol. The average Bonchev–Trinajstić information content (AvgIpc) is 2.96. The molecule has 3 rings (SSSR count). The molecule has 1 aromatic heterocycles. The molecule has 1 fully saturated rings. The number of sulfone groups is 1. The summed E-state index contributed by atoms with van der Waals surface area (Å²) >= 11 is 0. The molecule has 24 heavy (non-hydrogen) atoms. The predicted octanol–water partition coefficient (Wildman–Crippen LogP) is 2.35. The summed E-state index contributed by atoms with van der Waals surface area (Å²) in [7, 11) is -3.27. The quantitative estimate of drug-likeness (QED) is 0.804. The number of likely N-dealkylation sites (tertiary alicyclic amines) is 1. The summed E-state index contributed by atoms with van der Waals surface area (Å²) in [6, 6.07) is 11.3. The van der Waals surface area contributed by atoms with Crippen LogP contribution in [0.25, 0.3) is 0 Å². The molecule has 0 aliphatic carbocycles. The highest BCUT2D eigenvalue weighted by Crippen LogP contribution is 2.22. The van der Waals surface area contributed by atoms with E-state index in [2.05, 4.69) is 0 Å². The zero-order chi connectivity index (χ0) is 17.2. The first-order chi connectivity index (χ1) is 11.5. The van der Waals surface area contributed by atoms with Crippen LogP contribution in [0.2, 0.25) is 0 Å². The lowest BCUT2D eigenvalue weighted by atomic mass is 10.0. The van der Waals surface area contributed by atoms with E-state index in [0.29, 0.717) is 18.6 Å². The minimum atomic E-state index is -3.27. The lowest BCUT2D eigenvalue weighted by Gasteiger charge is -2.38. The van der Waals surface area contributed by atoms with Gasteiger partial charge < -0.3 is 9.32 Å². The highest BCUT2D eigenvalue weighted by molar-refractivity contribution is 7.91. The standard InChI is InChI=1S/C18H21NO4S/c1-14-5-2-3-6-15(14)8-9-18(20)19-11-17(12-19)24(21,22)13-16-7-4-10-23-16/h2-7,10,17H,8-9,11-13H2,1H3. The number of carbonyl (C=O) groups is 1. The number of nitrogens with zero attached hydrogens (tertiary/aromatic N) is 1. The van der Waals surface area contributed by atoms with Crippen LogP contribution in [0.5, 0.6) is 0 Å². The van der Waals surface area contributed by atoms with Gasteiger partial charge in [-0.05, 0) is 36.6 Å². The van der Waals surface area contributed by atoms with E-state index >= 15 is 0 Å². The molecule has 2 aromatic rings. The number of benzene rings is 1. The van der Waals surface area contributed by atoms with Crippen LogP contribution >= 0.6 is 0 Å². The lowest BCUT2D eigenvalue weighted by Crippen LogP contribution is -2.57. The normalized spacial score (nSPS) is 15.3. The monoisotopic (exact) mass is 347 g/mol. The summed E-state index contributed by atoms with van der Waals surface area (Å²) in [6.45, 7) is 2.60. The minimum absolute atomic E-state index is 0.0164. The Morgan fingerprint density at radius 2 is 1.96 bits per heavy atom. The van der Waals surface area contributed by atoms with Crippen LogP contribution in [0.1, 0.15) is 23.3 Å². The molecule has 128 valence electrons. The summed E-state index contributed by atoms with van der Waals surface area (Å²) in [5.74, 6) is 0.359. The largest absolute Gasteiger partial charge is 0.468 e. The molecule has 6 heteroatoms. The first kappa shape index (κ1) is 16.8. The van der Waals surface area contributed by atoms with Gasteiger partial charge in [0.2, 0.25) is 5.91 Å². The van der Waals surface area contributed by atoms with Gasteiger partial charge in [0.15, 0.2) is 9.84 Å². The van der Waals surface area contributed by atoms with Crippen LogP contribution in [0.4, 0.5) is 0 Å².